The first-order valence-corrected chi connectivity index (χ1v) is 9.19. The lowest BCUT2D eigenvalue weighted by Gasteiger charge is -2.29. The lowest BCUT2D eigenvalue weighted by molar-refractivity contribution is -0.133. The second-order valence-corrected chi connectivity index (χ2v) is 7.49. The molecule has 1 fully saturated rings. The Morgan fingerprint density at radius 3 is 3.00 bits per heavy atom. The molecule has 1 saturated heterocycles. The van der Waals surface area contributed by atoms with Crippen molar-refractivity contribution in [1.82, 2.24) is 29.5 Å². The normalized spacial score (nSPS) is 22.2. The number of rotatable bonds is 6. The smallest absolute Gasteiger partial charge is 0.247 e. The molecule has 3 atom stereocenters. The van der Waals surface area contributed by atoms with E-state index in [-0.39, 0.29) is 11.9 Å². The number of aryl methyl sites for hydroxylation is 1. The van der Waals surface area contributed by atoms with Gasteiger partial charge in [0.1, 0.15) is 24.9 Å². The van der Waals surface area contributed by atoms with Crippen molar-refractivity contribution >= 4 is 17.2 Å². The van der Waals surface area contributed by atoms with E-state index in [0.717, 1.165) is 10.6 Å². The van der Waals surface area contributed by atoms with Gasteiger partial charge in [0.05, 0.1) is 11.2 Å². The average Bonchev–Trinajstić information content (AvgIpc) is 3.30. The number of halogens is 1. The van der Waals surface area contributed by atoms with Crippen LogP contribution in [0.15, 0.2) is 18.2 Å². The molecule has 3 rings (SSSR count). The molecule has 136 valence electrons. The zero-order chi connectivity index (χ0) is 18.0. The molecule has 0 radical (unpaired) electrons. The van der Waals surface area contributed by atoms with Crippen LogP contribution in [0.2, 0.25) is 0 Å². The molecule has 0 N–H and O–H groups in total. The summed E-state index contributed by atoms with van der Waals surface area (Å²) >= 11 is 1.59. The molecule has 0 bridgehead atoms. The summed E-state index contributed by atoms with van der Waals surface area (Å²) in [5, 5.41) is 4.02. The second-order valence-electron chi connectivity index (χ2n) is 6.55. The Morgan fingerprint density at radius 1 is 1.56 bits per heavy atom. The van der Waals surface area contributed by atoms with Gasteiger partial charge in [-0.1, -0.05) is 0 Å². The van der Waals surface area contributed by atoms with Crippen LogP contribution in [0.3, 0.4) is 0 Å². The van der Waals surface area contributed by atoms with Crippen LogP contribution in [-0.4, -0.2) is 67.8 Å². The van der Waals surface area contributed by atoms with Crippen LogP contribution >= 0.6 is 11.3 Å². The Kier molecular flexibility index (Phi) is 5.43. The van der Waals surface area contributed by atoms with Gasteiger partial charge >= 0.3 is 0 Å². The molecule has 0 aromatic carbocycles. The molecule has 2 aromatic heterocycles. The average molecular weight is 366 g/mol. The number of likely N-dealkylation sites (tertiary alicyclic amines) is 1. The number of hydrogen-bond acceptors (Lipinski definition) is 6. The largest absolute Gasteiger partial charge is 0.342 e. The summed E-state index contributed by atoms with van der Waals surface area (Å²) in [6.45, 7) is 5.35. The minimum atomic E-state index is -0.852. The van der Waals surface area contributed by atoms with Crippen molar-refractivity contribution in [2.75, 3.05) is 20.1 Å². The predicted molar refractivity (Wildman–Crippen MR) is 92.9 cm³/mol. The molecule has 3 heterocycles. The highest BCUT2D eigenvalue weighted by Gasteiger charge is 2.34. The van der Waals surface area contributed by atoms with Crippen molar-refractivity contribution in [2.45, 2.75) is 45.1 Å². The van der Waals surface area contributed by atoms with Crippen molar-refractivity contribution in [3.63, 3.8) is 0 Å². The summed E-state index contributed by atoms with van der Waals surface area (Å²) in [5.41, 5.74) is 2.81. The number of carbonyl (C=O) groups is 1. The summed E-state index contributed by atoms with van der Waals surface area (Å²) in [6.07, 6.45) is 2.54. The summed E-state index contributed by atoms with van der Waals surface area (Å²) in [5.74, 6) is -0.0540. The lowest BCUT2D eigenvalue weighted by Crippen LogP contribution is -2.43. The van der Waals surface area contributed by atoms with Crippen molar-refractivity contribution in [2.24, 2.45) is 0 Å². The van der Waals surface area contributed by atoms with E-state index in [0.29, 0.717) is 26.1 Å². The Balaban J connectivity index is 1.63. The maximum atomic E-state index is 14.0. The van der Waals surface area contributed by atoms with Crippen LogP contribution in [0.1, 0.15) is 30.0 Å². The van der Waals surface area contributed by atoms with Gasteiger partial charge < -0.3 is 4.90 Å². The predicted octanol–water partition coefficient (Wildman–Crippen LogP) is 1.68. The van der Waals surface area contributed by atoms with E-state index < -0.39 is 12.2 Å². The Bertz CT molecular complexity index is 705. The van der Waals surface area contributed by atoms with Crippen LogP contribution in [-0.2, 0) is 11.3 Å². The molecular formula is C16H23FN6OS. The van der Waals surface area contributed by atoms with Crippen LogP contribution in [0, 0.1) is 6.92 Å². The van der Waals surface area contributed by atoms with Crippen molar-refractivity contribution < 1.29 is 9.18 Å². The monoisotopic (exact) mass is 366 g/mol. The minimum Gasteiger partial charge on any atom is -0.342 e. The Morgan fingerprint density at radius 2 is 2.36 bits per heavy atom. The molecule has 25 heavy (non-hydrogen) atoms. The summed E-state index contributed by atoms with van der Waals surface area (Å²) in [6, 6.07) is -0.416. The highest BCUT2D eigenvalue weighted by atomic mass is 32.1. The number of carbonyl (C=O) groups excluding carboxylic acids is 1. The molecule has 1 aliphatic heterocycles. The molecule has 0 spiro atoms. The molecule has 7 nitrogen and oxygen atoms in total. The van der Waals surface area contributed by atoms with E-state index in [9.17, 15) is 9.18 Å². The topological polar surface area (TPSA) is 67.2 Å². The van der Waals surface area contributed by atoms with Crippen LogP contribution < -0.4 is 0 Å². The molecule has 1 amide bonds. The van der Waals surface area contributed by atoms with E-state index in [4.69, 9.17) is 0 Å². The third-order valence-electron chi connectivity index (χ3n) is 4.72. The SMILES string of the molecule is Cc1ncsc1CN1C[C@@H](F)C[C@H]1CN(C)C(=O)C(C)n1cncn1. The van der Waals surface area contributed by atoms with Gasteiger partial charge in [-0.25, -0.2) is 19.0 Å². The highest BCUT2D eigenvalue weighted by molar-refractivity contribution is 7.09. The van der Waals surface area contributed by atoms with E-state index in [2.05, 4.69) is 20.0 Å². The van der Waals surface area contributed by atoms with Crippen LogP contribution in [0.5, 0.6) is 0 Å². The standard InChI is InChI=1S/C16H23FN6OS/c1-11-15(25-10-19-11)7-22-5-13(17)4-14(22)6-21(3)16(24)12(2)23-9-18-8-20-23/h8-10,12-14H,4-7H2,1-3H3/t12?,13-,14-/m0/s1. The van der Waals surface area contributed by atoms with Gasteiger partial charge in [0, 0.05) is 37.6 Å². The summed E-state index contributed by atoms with van der Waals surface area (Å²) in [4.78, 5) is 25.7. The number of aromatic nitrogens is 4. The zero-order valence-corrected chi connectivity index (χ0v) is 15.5. The molecule has 0 aliphatic carbocycles. The molecule has 9 heteroatoms. The molecular weight excluding hydrogens is 343 g/mol. The van der Waals surface area contributed by atoms with E-state index in [1.807, 2.05) is 12.4 Å². The van der Waals surface area contributed by atoms with Gasteiger partial charge in [-0.05, 0) is 20.3 Å². The first-order chi connectivity index (χ1) is 12.0. The summed E-state index contributed by atoms with van der Waals surface area (Å²) < 4.78 is 15.5. The number of hydrogen-bond donors (Lipinski definition) is 0. The maximum absolute atomic E-state index is 14.0. The second kappa shape index (κ2) is 7.57. The molecule has 1 aliphatic rings. The first-order valence-electron chi connectivity index (χ1n) is 8.32. The van der Waals surface area contributed by atoms with Crippen LogP contribution in [0.4, 0.5) is 4.39 Å². The van der Waals surface area contributed by atoms with Gasteiger partial charge in [0.2, 0.25) is 5.91 Å². The van der Waals surface area contributed by atoms with E-state index >= 15 is 0 Å². The fourth-order valence-corrected chi connectivity index (χ4v) is 4.03. The molecule has 2 aromatic rings. The summed E-state index contributed by atoms with van der Waals surface area (Å²) in [7, 11) is 1.76. The van der Waals surface area contributed by atoms with Gasteiger partial charge in [-0.2, -0.15) is 5.10 Å². The fourth-order valence-electron chi connectivity index (χ4n) is 3.22. The van der Waals surface area contributed by atoms with Gasteiger partial charge in [-0.15, -0.1) is 11.3 Å². The molecule has 0 saturated carbocycles. The van der Waals surface area contributed by atoms with Gasteiger partial charge in [0.15, 0.2) is 0 Å². The van der Waals surface area contributed by atoms with Crippen molar-refractivity contribution in [1.29, 1.82) is 0 Å². The Labute approximate surface area is 150 Å². The zero-order valence-electron chi connectivity index (χ0n) is 14.7. The number of alkyl halides is 1. The molecule has 1 unspecified atom stereocenters. The third kappa shape index (κ3) is 4.04. The van der Waals surface area contributed by atoms with E-state index in [1.54, 1.807) is 30.2 Å². The number of nitrogens with zero attached hydrogens (tertiary/aromatic N) is 6. The number of thiazole rings is 1. The van der Waals surface area contributed by atoms with E-state index in [1.165, 1.54) is 17.3 Å². The fraction of sp³-hybridized carbons (Fsp3) is 0.625. The number of likely N-dealkylation sites (N-methyl/N-ethyl adjacent to an activating group) is 1. The minimum absolute atomic E-state index is 0.00777. The van der Waals surface area contributed by atoms with Crippen molar-refractivity contribution in [3.05, 3.63) is 28.7 Å². The first kappa shape index (κ1) is 17.9. The van der Waals surface area contributed by atoms with Gasteiger partial charge in [0.25, 0.3) is 0 Å². The van der Waals surface area contributed by atoms with Crippen molar-refractivity contribution in [3.8, 4) is 0 Å². The number of amides is 1. The quantitative estimate of drug-likeness (QED) is 0.778. The lowest BCUT2D eigenvalue weighted by atomic mass is 10.2. The maximum Gasteiger partial charge on any atom is 0.247 e. The third-order valence-corrected chi connectivity index (χ3v) is 5.64. The highest BCUT2D eigenvalue weighted by Crippen LogP contribution is 2.26. The van der Waals surface area contributed by atoms with Crippen LogP contribution in [0.25, 0.3) is 0 Å². The Hall–Kier alpha value is -1.87. The van der Waals surface area contributed by atoms with Gasteiger partial charge in [-0.3, -0.25) is 9.69 Å².